The van der Waals surface area contributed by atoms with Crippen molar-refractivity contribution in [1.29, 1.82) is 0 Å². The van der Waals surface area contributed by atoms with E-state index in [9.17, 15) is 4.79 Å². The van der Waals surface area contributed by atoms with Crippen molar-refractivity contribution in [2.75, 3.05) is 12.8 Å². The fourth-order valence-corrected chi connectivity index (χ4v) is 2.14. The first kappa shape index (κ1) is 12.2. The highest BCUT2D eigenvalue weighted by Crippen LogP contribution is 2.22. The van der Waals surface area contributed by atoms with Gasteiger partial charge in [0.1, 0.15) is 0 Å². The van der Waals surface area contributed by atoms with E-state index in [1.165, 1.54) is 7.11 Å². The quantitative estimate of drug-likeness (QED) is 0.571. The third-order valence-corrected chi connectivity index (χ3v) is 3.16. The molecule has 20 heavy (non-hydrogen) atoms. The molecule has 1 aromatic heterocycles. The molecule has 3 rings (SSSR count). The molecule has 0 aliphatic carbocycles. The van der Waals surface area contributed by atoms with E-state index in [-0.39, 0.29) is 0 Å². The Labute approximate surface area is 115 Å². The Morgan fingerprint density at radius 3 is 2.85 bits per heavy atom. The smallest absolute Gasteiger partial charge is 0.340 e. The van der Waals surface area contributed by atoms with Gasteiger partial charge in [0.2, 0.25) is 0 Å². The summed E-state index contributed by atoms with van der Waals surface area (Å²) in [7, 11) is 1.33. The predicted molar refractivity (Wildman–Crippen MR) is 76.8 cm³/mol. The van der Waals surface area contributed by atoms with Crippen LogP contribution in [0.5, 0.6) is 0 Å². The summed E-state index contributed by atoms with van der Waals surface area (Å²) in [4.78, 5) is 11.7. The Kier molecular flexibility index (Phi) is 2.87. The van der Waals surface area contributed by atoms with Gasteiger partial charge in [0.25, 0.3) is 0 Å². The van der Waals surface area contributed by atoms with Crippen LogP contribution < -0.4 is 5.73 Å². The summed E-state index contributed by atoms with van der Waals surface area (Å²) in [6, 6.07) is 13.0. The Bertz CT molecular complexity index is 793. The van der Waals surface area contributed by atoms with Crippen LogP contribution in [-0.4, -0.2) is 22.9 Å². The number of anilines is 1. The SMILES string of the molecule is COC(=O)c1cc(-n2ncc3ccccc32)ccc1N. The van der Waals surface area contributed by atoms with E-state index in [2.05, 4.69) is 5.10 Å². The van der Waals surface area contributed by atoms with Crippen LogP contribution in [0.3, 0.4) is 0 Å². The van der Waals surface area contributed by atoms with Crippen molar-refractivity contribution in [3.63, 3.8) is 0 Å². The predicted octanol–water partition coefficient (Wildman–Crippen LogP) is 2.39. The average molecular weight is 267 g/mol. The van der Waals surface area contributed by atoms with Crippen molar-refractivity contribution < 1.29 is 9.53 Å². The molecule has 5 nitrogen and oxygen atoms in total. The number of hydrogen-bond donors (Lipinski definition) is 1. The van der Waals surface area contributed by atoms with Gasteiger partial charge in [-0.15, -0.1) is 0 Å². The summed E-state index contributed by atoms with van der Waals surface area (Å²) < 4.78 is 6.49. The van der Waals surface area contributed by atoms with Crippen LogP contribution >= 0.6 is 0 Å². The number of hydrogen-bond acceptors (Lipinski definition) is 4. The Balaban J connectivity index is 2.17. The van der Waals surface area contributed by atoms with Gasteiger partial charge in [-0.25, -0.2) is 9.48 Å². The van der Waals surface area contributed by atoms with Gasteiger partial charge in [0.05, 0.1) is 30.1 Å². The lowest BCUT2D eigenvalue weighted by Gasteiger charge is -2.08. The van der Waals surface area contributed by atoms with E-state index in [0.29, 0.717) is 11.3 Å². The van der Waals surface area contributed by atoms with Crippen molar-refractivity contribution in [3.05, 3.63) is 54.2 Å². The fraction of sp³-hybridized carbons (Fsp3) is 0.0667. The average Bonchev–Trinajstić information content (AvgIpc) is 2.91. The van der Waals surface area contributed by atoms with Gasteiger partial charge >= 0.3 is 5.97 Å². The number of esters is 1. The molecule has 0 bridgehead atoms. The largest absolute Gasteiger partial charge is 0.465 e. The van der Waals surface area contributed by atoms with Crippen molar-refractivity contribution in [3.8, 4) is 5.69 Å². The molecule has 1 heterocycles. The molecular weight excluding hydrogens is 254 g/mol. The Hall–Kier alpha value is -2.82. The molecule has 100 valence electrons. The van der Waals surface area contributed by atoms with E-state index in [1.54, 1.807) is 23.0 Å². The molecule has 0 aliphatic heterocycles. The fourth-order valence-electron chi connectivity index (χ4n) is 2.14. The molecule has 0 saturated heterocycles. The van der Waals surface area contributed by atoms with Gasteiger partial charge in [-0.2, -0.15) is 5.10 Å². The molecule has 0 saturated carbocycles. The lowest BCUT2D eigenvalue weighted by molar-refractivity contribution is 0.0602. The van der Waals surface area contributed by atoms with E-state index in [4.69, 9.17) is 10.5 Å². The van der Waals surface area contributed by atoms with E-state index in [1.807, 2.05) is 30.3 Å². The molecule has 0 unspecified atom stereocenters. The van der Waals surface area contributed by atoms with E-state index < -0.39 is 5.97 Å². The molecule has 0 radical (unpaired) electrons. The topological polar surface area (TPSA) is 70.1 Å². The molecule has 2 N–H and O–H groups in total. The van der Waals surface area contributed by atoms with Crippen molar-refractivity contribution in [1.82, 2.24) is 9.78 Å². The second-order valence-electron chi connectivity index (χ2n) is 4.38. The third-order valence-electron chi connectivity index (χ3n) is 3.16. The van der Waals surface area contributed by atoms with Crippen LogP contribution in [0.4, 0.5) is 5.69 Å². The zero-order chi connectivity index (χ0) is 14.1. The first-order valence-corrected chi connectivity index (χ1v) is 6.11. The minimum atomic E-state index is -0.458. The molecule has 0 aliphatic rings. The van der Waals surface area contributed by atoms with Gasteiger partial charge in [-0.05, 0) is 24.3 Å². The zero-order valence-corrected chi connectivity index (χ0v) is 10.9. The van der Waals surface area contributed by atoms with E-state index in [0.717, 1.165) is 16.6 Å². The van der Waals surface area contributed by atoms with Crippen LogP contribution in [0.25, 0.3) is 16.6 Å². The molecule has 0 spiro atoms. The van der Waals surface area contributed by atoms with Crippen LogP contribution in [0.2, 0.25) is 0 Å². The first-order chi connectivity index (χ1) is 9.70. The number of para-hydroxylation sites is 1. The standard InChI is InChI=1S/C15H13N3O2/c1-20-15(19)12-8-11(6-7-13(12)16)18-14-5-3-2-4-10(14)9-17-18/h2-9H,16H2,1H3. The van der Waals surface area contributed by atoms with Gasteiger partial charge in [0, 0.05) is 11.1 Å². The number of benzene rings is 2. The van der Waals surface area contributed by atoms with Gasteiger partial charge < -0.3 is 10.5 Å². The number of ether oxygens (including phenoxy) is 1. The monoisotopic (exact) mass is 267 g/mol. The highest BCUT2D eigenvalue weighted by Gasteiger charge is 2.12. The molecule has 5 heteroatoms. The maximum atomic E-state index is 11.7. The number of nitrogens with two attached hydrogens (primary N) is 1. The number of carbonyl (C=O) groups excluding carboxylic acids is 1. The number of rotatable bonds is 2. The molecule has 2 aromatic carbocycles. The number of aromatic nitrogens is 2. The van der Waals surface area contributed by atoms with E-state index >= 15 is 0 Å². The van der Waals surface area contributed by atoms with Gasteiger partial charge in [-0.3, -0.25) is 0 Å². The number of carbonyl (C=O) groups is 1. The van der Waals surface area contributed by atoms with Crippen molar-refractivity contribution >= 4 is 22.6 Å². The normalized spacial score (nSPS) is 10.7. The van der Waals surface area contributed by atoms with Crippen LogP contribution in [0, 0.1) is 0 Å². The maximum Gasteiger partial charge on any atom is 0.340 e. The molecule has 0 amide bonds. The summed E-state index contributed by atoms with van der Waals surface area (Å²) in [6.45, 7) is 0. The second-order valence-corrected chi connectivity index (χ2v) is 4.38. The minimum Gasteiger partial charge on any atom is -0.465 e. The highest BCUT2D eigenvalue weighted by molar-refractivity contribution is 5.95. The lowest BCUT2D eigenvalue weighted by atomic mass is 10.1. The third kappa shape index (κ3) is 1.89. The van der Waals surface area contributed by atoms with Crippen LogP contribution in [0.15, 0.2) is 48.7 Å². The van der Waals surface area contributed by atoms with Gasteiger partial charge in [-0.1, -0.05) is 18.2 Å². The lowest BCUT2D eigenvalue weighted by Crippen LogP contribution is -2.07. The van der Waals surface area contributed by atoms with Gasteiger partial charge in [0.15, 0.2) is 0 Å². The molecular formula is C15H13N3O2. The molecule has 0 atom stereocenters. The highest BCUT2D eigenvalue weighted by atomic mass is 16.5. The summed E-state index contributed by atoms with van der Waals surface area (Å²) in [5.41, 5.74) is 8.26. The number of fused-ring (bicyclic) bond motifs is 1. The van der Waals surface area contributed by atoms with Crippen molar-refractivity contribution in [2.45, 2.75) is 0 Å². The van der Waals surface area contributed by atoms with Crippen molar-refractivity contribution in [2.24, 2.45) is 0 Å². The summed E-state index contributed by atoms with van der Waals surface area (Å²) >= 11 is 0. The number of nitrogens with zero attached hydrogens (tertiary/aromatic N) is 2. The maximum absolute atomic E-state index is 11.7. The molecule has 0 fully saturated rings. The minimum absolute atomic E-state index is 0.338. The second kappa shape index (κ2) is 4.70. The summed E-state index contributed by atoms with van der Waals surface area (Å²) in [6.07, 6.45) is 1.78. The van der Waals surface area contributed by atoms with Crippen LogP contribution in [0.1, 0.15) is 10.4 Å². The number of nitrogen functional groups attached to an aromatic ring is 1. The Morgan fingerprint density at radius 2 is 2.05 bits per heavy atom. The Morgan fingerprint density at radius 1 is 1.25 bits per heavy atom. The first-order valence-electron chi connectivity index (χ1n) is 6.11. The summed E-state index contributed by atoms with van der Waals surface area (Å²) in [5, 5.41) is 5.38. The van der Waals surface area contributed by atoms with Crippen LogP contribution in [-0.2, 0) is 4.74 Å². The molecule has 3 aromatic rings. The number of methoxy groups -OCH3 is 1. The summed E-state index contributed by atoms with van der Waals surface area (Å²) in [5.74, 6) is -0.458. The zero-order valence-electron chi connectivity index (χ0n) is 10.9.